The highest BCUT2D eigenvalue weighted by atomic mass is 16.2. The van der Waals surface area contributed by atoms with E-state index in [0.29, 0.717) is 5.65 Å². The Morgan fingerprint density at radius 2 is 2.10 bits per heavy atom. The summed E-state index contributed by atoms with van der Waals surface area (Å²) in [5.41, 5.74) is 0.671. The summed E-state index contributed by atoms with van der Waals surface area (Å²) in [5.74, 6) is 0.0517. The van der Waals surface area contributed by atoms with E-state index in [1.54, 1.807) is 24.1 Å². The van der Waals surface area contributed by atoms with Crippen LogP contribution < -0.4 is 5.32 Å². The van der Waals surface area contributed by atoms with Crippen LogP contribution in [0, 0.1) is 0 Å². The molecule has 7 heteroatoms. The summed E-state index contributed by atoms with van der Waals surface area (Å²) in [7, 11) is 1.77. The fraction of sp³-hybridized carbons (Fsp3) is 0.538. The van der Waals surface area contributed by atoms with E-state index in [1.807, 2.05) is 4.90 Å². The number of amides is 1. The molecule has 3 rings (SSSR count). The van der Waals surface area contributed by atoms with Gasteiger partial charge in [0.15, 0.2) is 11.8 Å². The SMILES string of the molecule is CNC(C(=O)N1CCCCC1)n1ncc2cncnc21. The van der Waals surface area contributed by atoms with Crippen molar-refractivity contribution in [2.45, 2.75) is 25.4 Å². The van der Waals surface area contributed by atoms with Crippen LogP contribution in [0.2, 0.25) is 0 Å². The summed E-state index contributed by atoms with van der Waals surface area (Å²) in [6.45, 7) is 1.65. The maximum atomic E-state index is 12.6. The van der Waals surface area contributed by atoms with Crippen molar-refractivity contribution in [3.8, 4) is 0 Å². The summed E-state index contributed by atoms with van der Waals surface area (Å²) >= 11 is 0. The Balaban J connectivity index is 1.90. The maximum absolute atomic E-state index is 12.6. The topological polar surface area (TPSA) is 75.9 Å². The number of fused-ring (bicyclic) bond motifs is 1. The van der Waals surface area contributed by atoms with Crippen LogP contribution in [0.4, 0.5) is 0 Å². The van der Waals surface area contributed by atoms with Gasteiger partial charge in [-0.15, -0.1) is 0 Å². The Kier molecular flexibility index (Phi) is 3.60. The van der Waals surface area contributed by atoms with E-state index < -0.39 is 6.17 Å². The minimum atomic E-state index is -0.513. The minimum absolute atomic E-state index is 0.0517. The molecule has 1 saturated heterocycles. The van der Waals surface area contributed by atoms with Crippen LogP contribution in [0.3, 0.4) is 0 Å². The summed E-state index contributed by atoms with van der Waals surface area (Å²) < 4.78 is 1.63. The van der Waals surface area contributed by atoms with Crippen molar-refractivity contribution in [1.29, 1.82) is 0 Å². The lowest BCUT2D eigenvalue weighted by atomic mass is 10.1. The molecule has 1 fully saturated rings. The smallest absolute Gasteiger partial charge is 0.262 e. The molecule has 2 aromatic rings. The number of piperidine rings is 1. The number of hydrogen-bond acceptors (Lipinski definition) is 5. The number of nitrogens with one attached hydrogen (secondary N) is 1. The van der Waals surface area contributed by atoms with Gasteiger partial charge in [0.1, 0.15) is 6.33 Å². The molecule has 0 aromatic carbocycles. The van der Waals surface area contributed by atoms with Crippen molar-refractivity contribution in [3.05, 3.63) is 18.7 Å². The Hall–Kier alpha value is -2.02. The standard InChI is InChI=1S/C13H18N6O/c1-14-12(13(20)18-5-3-2-4-6-18)19-11-10(8-17-19)7-15-9-16-11/h7-9,12,14H,2-6H2,1H3. The second-order valence-corrected chi connectivity index (χ2v) is 4.97. The predicted octanol–water partition coefficient (Wildman–Crippen LogP) is 0.557. The van der Waals surface area contributed by atoms with Crippen LogP contribution in [0.25, 0.3) is 11.0 Å². The molecule has 1 aliphatic heterocycles. The van der Waals surface area contributed by atoms with E-state index in [9.17, 15) is 4.79 Å². The largest absolute Gasteiger partial charge is 0.340 e. The van der Waals surface area contributed by atoms with E-state index in [2.05, 4.69) is 20.4 Å². The van der Waals surface area contributed by atoms with Gasteiger partial charge in [0.25, 0.3) is 5.91 Å². The number of carbonyl (C=O) groups is 1. The average Bonchev–Trinajstić information content (AvgIpc) is 2.93. The highest BCUT2D eigenvalue weighted by Gasteiger charge is 2.27. The maximum Gasteiger partial charge on any atom is 0.262 e. The van der Waals surface area contributed by atoms with Gasteiger partial charge < -0.3 is 4.90 Å². The number of rotatable bonds is 3. The first-order valence-corrected chi connectivity index (χ1v) is 6.90. The first-order valence-electron chi connectivity index (χ1n) is 6.90. The normalized spacial score (nSPS) is 17.4. The molecular weight excluding hydrogens is 256 g/mol. The Labute approximate surface area is 117 Å². The third-order valence-electron chi connectivity index (χ3n) is 3.68. The first kappa shape index (κ1) is 13.0. The van der Waals surface area contributed by atoms with Crippen molar-refractivity contribution >= 4 is 16.9 Å². The van der Waals surface area contributed by atoms with Crippen molar-refractivity contribution in [3.63, 3.8) is 0 Å². The van der Waals surface area contributed by atoms with Crippen molar-refractivity contribution in [2.24, 2.45) is 0 Å². The van der Waals surface area contributed by atoms with E-state index in [4.69, 9.17) is 0 Å². The highest BCUT2D eigenvalue weighted by molar-refractivity contribution is 5.82. The first-order chi connectivity index (χ1) is 9.81. The summed E-state index contributed by atoms with van der Waals surface area (Å²) in [4.78, 5) is 22.7. The van der Waals surface area contributed by atoms with Crippen LogP contribution in [0.5, 0.6) is 0 Å². The van der Waals surface area contributed by atoms with Gasteiger partial charge >= 0.3 is 0 Å². The van der Waals surface area contributed by atoms with Crippen LogP contribution in [0.1, 0.15) is 25.4 Å². The second-order valence-electron chi connectivity index (χ2n) is 4.97. The quantitative estimate of drug-likeness (QED) is 0.885. The number of carbonyl (C=O) groups excluding carboxylic acids is 1. The lowest BCUT2D eigenvalue weighted by molar-refractivity contribution is -0.136. The fourth-order valence-electron chi connectivity index (χ4n) is 2.62. The molecule has 0 spiro atoms. The van der Waals surface area contributed by atoms with E-state index in [0.717, 1.165) is 31.3 Å². The van der Waals surface area contributed by atoms with Gasteiger partial charge in [-0.25, -0.2) is 14.6 Å². The number of likely N-dealkylation sites (N-methyl/N-ethyl adjacent to an activating group) is 1. The third kappa shape index (κ3) is 2.24. The van der Waals surface area contributed by atoms with Crippen LogP contribution >= 0.6 is 0 Å². The van der Waals surface area contributed by atoms with Crippen LogP contribution in [0.15, 0.2) is 18.7 Å². The molecule has 1 atom stereocenters. The summed E-state index contributed by atoms with van der Waals surface area (Å²) in [5, 5.41) is 8.16. The Morgan fingerprint density at radius 3 is 2.85 bits per heavy atom. The van der Waals surface area contributed by atoms with E-state index in [-0.39, 0.29) is 5.91 Å². The van der Waals surface area contributed by atoms with Crippen molar-refractivity contribution in [2.75, 3.05) is 20.1 Å². The molecule has 2 aromatic heterocycles. The molecule has 0 bridgehead atoms. The predicted molar refractivity (Wildman–Crippen MR) is 73.9 cm³/mol. The van der Waals surface area contributed by atoms with Crippen molar-refractivity contribution < 1.29 is 4.79 Å². The zero-order valence-corrected chi connectivity index (χ0v) is 11.5. The summed E-state index contributed by atoms with van der Waals surface area (Å²) in [6.07, 6.45) is 7.69. The number of likely N-dealkylation sites (tertiary alicyclic amines) is 1. The zero-order valence-electron chi connectivity index (χ0n) is 11.5. The molecule has 0 saturated carbocycles. The van der Waals surface area contributed by atoms with Gasteiger partial charge in [0.2, 0.25) is 0 Å². The lowest BCUT2D eigenvalue weighted by Gasteiger charge is -2.30. The summed E-state index contributed by atoms with van der Waals surface area (Å²) in [6, 6.07) is 0. The molecule has 1 amide bonds. The Bertz CT molecular complexity index is 604. The lowest BCUT2D eigenvalue weighted by Crippen LogP contribution is -2.45. The van der Waals surface area contributed by atoms with Crippen LogP contribution in [-0.4, -0.2) is 50.7 Å². The van der Waals surface area contributed by atoms with Gasteiger partial charge in [-0.1, -0.05) is 0 Å². The monoisotopic (exact) mass is 274 g/mol. The van der Waals surface area contributed by atoms with E-state index in [1.165, 1.54) is 12.7 Å². The van der Waals surface area contributed by atoms with Gasteiger partial charge in [-0.3, -0.25) is 10.1 Å². The zero-order chi connectivity index (χ0) is 13.9. The molecule has 3 heterocycles. The molecule has 0 radical (unpaired) electrons. The second kappa shape index (κ2) is 5.54. The highest BCUT2D eigenvalue weighted by Crippen LogP contribution is 2.17. The molecule has 0 aliphatic carbocycles. The molecular formula is C13H18N6O. The van der Waals surface area contributed by atoms with E-state index >= 15 is 0 Å². The average molecular weight is 274 g/mol. The van der Waals surface area contributed by atoms with Crippen molar-refractivity contribution in [1.82, 2.24) is 30.0 Å². The molecule has 1 N–H and O–H groups in total. The molecule has 1 unspecified atom stereocenters. The van der Waals surface area contributed by atoms with Gasteiger partial charge in [0, 0.05) is 19.3 Å². The number of hydrogen-bond donors (Lipinski definition) is 1. The number of aromatic nitrogens is 4. The number of nitrogens with zero attached hydrogens (tertiary/aromatic N) is 5. The van der Waals surface area contributed by atoms with Gasteiger partial charge in [0.05, 0.1) is 11.6 Å². The fourth-order valence-corrected chi connectivity index (χ4v) is 2.62. The molecule has 20 heavy (non-hydrogen) atoms. The molecule has 106 valence electrons. The molecule has 7 nitrogen and oxygen atoms in total. The van der Waals surface area contributed by atoms with Gasteiger partial charge in [-0.2, -0.15) is 5.10 Å². The van der Waals surface area contributed by atoms with Gasteiger partial charge in [-0.05, 0) is 26.3 Å². The third-order valence-corrected chi connectivity index (χ3v) is 3.68. The van der Waals surface area contributed by atoms with Crippen LogP contribution in [-0.2, 0) is 4.79 Å². The minimum Gasteiger partial charge on any atom is -0.340 e. The molecule has 1 aliphatic rings. The Morgan fingerprint density at radius 1 is 1.30 bits per heavy atom.